The van der Waals surface area contributed by atoms with Crippen LogP contribution in [0, 0.1) is 28.7 Å². The smallest absolute Gasteiger partial charge is 0.328 e. The van der Waals surface area contributed by atoms with Gasteiger partial charge in [-0.05, 0) is 36.8 Å². The Hall–Kier alpha value is -2.92. The Labute approximate surface area is 153 Å². The molecule has 8 nitrogen and oxygen atoms in total. The van der Waals surface area contributed by atoms with E-state index in [1.165, 1.54) is 6.92 Å². The van der Waals surface area contributed by atoms with E-state index in [1.807, 2.05) is 4.72 Å². The van der Waals surface area contributed by atoms with Gasteiger partial charge in [-0.1, -0.05) is 0 Å². The van der Waals surface area contributed by atoms with Gasteiger partial charge in [0.1, 0.15) is 17.7 Å². The minimum absolute atomic E-state index is 0.0278. The molecule has 2 rings (SSSR count). The maximum atomic E-state index is 14.0. The van der Waals surface area contributed by atoms with E-state index in [-0.39, 0.29) is 16.1 Å². The number of esters is 1. The van der Waals surface area contributed by atoms with Crippen molar-refractivity contribution in [1.29, 1.82) is 0 Å². The van der Waals surface area contributed by atoms with Gasteiger partial charge in [0.05, 0.1) is 16.9 Å². The first-order valence-electron chi connectivity index (χ1n) is 7.37. The summed E-state index contributed by atoms with van der Waals surface area (Å²) in [7, 11) is -3.47. The number of hydrogen-bond acceptors (Lipinski definition) is 6. The van der Waals surface area contributed by atoms with Crippen LogP contribution in [0.25, 0.3) is 0 Å². The molecule has 0 aliphatic rings. The van der Waals surface area contributed by atoms with Crippen LogP contribution >= 0.6 is 0 Å². The molecule has 2 aromatic carbocycles. The SMILES string of the molecule is COC(=O)C(NS(=O)(=O)c1ccc([N+](=O)[O-])cc1C)c1cc(F)ccc1F. The number of methoxy groups -OCH3 is 1. The highest BCUT2D eigenvalue weighted by molar-refractivity contribution is 7.89. The molecular weight excluding hydrogens is 386 g/mol. The summed E-state index contributed by atoms with van der Waals surface area (Å²) in [6.45, 7) is 1.32. The standard InChI is InChI=1S/C16H14F2N2O6S/c1-9-7-11(20(22)23)4-6-14(9)27(24,25)19-15(16(21)26-2)12-8-10(17)3-5-13(12)18/h3-8,15,19H,1-2H3. The zero-order valence-electron chi connectivity index (χ0n) is 14.1. The third kappa shape index (κ3) is 4.44. The van der Waals surface area contributed by atoms with Crippen molar-refractivity contribution in [2.24, 2.45) is 0 Å². The van der Waals surface area contributed by atoms with Crippen LogP contribution in [0.5, 0.6) is 0 Å². The molecule has 0 aliphatic carbocycles. The molecule has 0 aromatic heterocycles. The highest BCUT2D eigenvalue weighted by Crippen LogP contribution is 2.25. The number of nitrogens with one attached hydrogen (secondary N) is 1. The minimum Gasteiger partial charge on any atom is -0.468 e. The Bertz CT molecular complexity index is 1010. The molecule has 0 spiro atoms. The zero-order valence-corrected chi connectivity index (χ0v) is 14.9. The topological polar surface area (TPSA) is 116 Å². The van der Waals surface area contributed by atoms with Gasteiger partial charge in [0.25, 0.3) is 5.69 Å². The second kappa shape index (κ2) is 7.76. The number of non-ortho nitro benzene ring substituents is 1. The average Bonchev–Trinajstić information content (AvgIpc) is 2.60. The van der Waals surface area contributed by atoms with Crippen molar-refractivity contribution in [3.8, 4) is 0 Å². The summed E-state index contributed by atoms with van der Waals surface area (Å²) in [5.41, 5.74) is -0.864. The van der Waals surface area contributed by atoms with Crippen molar-refractivity contribution < 1.29 is 31.7 Å². The predicted octanol–water partition coefficient (Wildman–Crippen LogP) is 2.37. The summed E-state index contributed by atoms with van der Waals surface area (Å²) in [5.74, 6) is -3.07. The van der Waals surface area contributed by atoms with E-state index in [9.17, 15) is 32.1 Å². The molecule has 1 N–H and O–H groups in total. The quantitative estimate of drug-likeness (QED) is 0.452. The van der Waals surface area contributed by atoms with Crippen molar-refractivity contribution in [2.45, 2.75) is 17.9 Å². The van der Waals surface area contributed by atoms with Gasteiger partial charge in [-0.3, -0.25) is 10.1 Å². The molecule has 0 bridgehead atoms. The third-order valence-corrected chi connectivity index (χ3v) is 5.22. The minimum atomic E-state index is -4.43. The number of rotatable bonds is 6. The Morgan fingerprint density at radius 3 is 2.44 bits per heavy atom. The predicted molar refractivity (Wildman–Crippen MR) is 89.3 cm³/mol. The largest absolute Gasteiger partial charge is 0.468 e. The first-order valence-corrected chi connectivity index (χ1v) is 8.85. The third-order valence-electron chi connectivity index (χ3n) is 3.64. The number of nitro benzene ring substituents is 1. The lowest BCUT2D eigenvalue weighted by molar-refractivity contribution is -0.385. The number of carbonyl (C=O) groups is 1. The van der Waals surface area contributed by atoms with Gasteiger partial charge in [0.2, 0.25) is 10.0 Å². The fourth-order valence-corrected chi connectivity index (χ4v) is 3.75. The number of ether oxygens (including phenoxy) is 1. The van der Waals surface area contributed by atoms with Crippen molar-refractivity contribution in [1.82, 2.24) is 4.72 Å². The van der Waals surface area contributed by atoms with Crippen LogP contribution in [0.15, 0.2) is 41.3 Å². The Morgan fingerprint density at radius 1 is 1.22 bits per heavy atom. The van der Waals surface area contributed by atoms with Crippen LogP contribution in [0.4, 0.5) is 14.5 Å². The molecule has 144 valence electrons. The van der Waals surface area contributed by atoms with E-state index in [0.717, 1.165) is 37.4 Å². The van der Waals surface area contributed by atoms with Crippen molar-refractivity contribution in [3.05, 3.63) is 69.3 Å². The van der Waals surface area contributed by atoms with Crippen LogP contribution in [0.2, 0.25) is 0 Å². The molecule has 0 radical (unpaired) electrons. The van der Waals surface area contributed by atoms with Crippen LogP contribution in [0.3, 0.4) is 0 Å². The maximum absolute atomic E-state index is 14.0. The van der Waals surface area contributed by atoms with Crippen LogP contribution < -0.4 is 4.72 Å². The average molecular weight is 400 g/mol. The van der Waals surface area contributed by atoms with Crippen molar-refractivity contribution in [3.63, 3.8) is 0 Å². The Kier molecular flexibility index (Phi) is 5.86. The van der Waals surface area contributed by atoms with Gasteiger partial charge >= 0.3 is 5.97 Å². The van der Waals surface area contributed by atoms with E-state index >= 15 is 0 Å². The van der Waals surface area contributed by atoms with Crippen LogP contribution in [-0.2, 0) is 19.6 Å². The number of aryl methyl sites for hydroxylation is 1. The number of hydrogen-bond donors (Lipinski definition) is 1. The van der Waals surface area contributed by atoms with Crippen LogP contribution in [0.1, 0.15) is 17.2 Å². The van der Waals surface area contributed by atoms with E-state index in [2.05, 4.69) is 4.74 Å². The van der Waals surface area contributed by atoms with Gasteiger partial charge in [0, 0.05) is 17.7 Å². The first-order chi connectivity index (χ1) is 12.6. The summed E-state index contributed by atoms with van der Waals surface area (Å²) in [5, 5.41) is 10.8. The Morgan fingerprint density at radius 2 is 1.89 bits per heavy atom. The number of benzene rings is 2. The van der Waals surface area contributed by atoms with E-state index in [1.54, 1.807) is 0 Å². The summed E-state index contributed by atoms with van der Waals surface area (Å²) in [6.07, 6.45) is 0. The molecule has 1 atom stereocenters. The number of nitrogens with zero attached hydrogens (tertiary/aromatic N) is 1. The fourth-order valence-electron chi connectivity index (χ4n) is 2.36. The molecule has 2 aromatic rings. The fraction of sp³-hybridized carbons (Fsp3) is 0.188. The molecule has 0 heterocycles. The summed E-state index contributed by atoms with van der Waals surface area (Å²) >= 11 is 0. The number of nitro groups is 1. The molecule has 0 saturated heterocycles. The van der Waals surface area contributed by atoms with Gasteiger partial charge in [-0.2, -0.15) is 4.72 Å². The van der Waals surface area contributed by atoms with Crippen molar-refractivity contribution in [2.75, 3.05) is 7.11 Å². The molecule has 27 heavy (non-hydrogen) atoms. The van der Waals surface area contributed by atoms with Gasteiger partial charge in [-0.15, -0.1) is 0 Å². The number of sulfonamides is 1. The highest BCUT2D eigenvalue weighted by atomic mass is 32.2. The molecule has 0 fully saturated rings. The molecule has 11 heteroatoms. The lowest BCUT2D eigenvalue weighted by Crippen LogP contribution is -2.35. The number of carbonyl (C=O) groups excluding carboxylic acids is 1. The zero-order chi connectivity index (χ0) is 20.4. The lowest BCUT2D eigenvalue weighted by Gasteiger charge is -2.18. The second-order valence-electron chi connectivity index (χ2n) is 5.45. The van der Waals surface area contributed by atoms with Crippen LogP contribution in [-0.4, -0.2) is 26.4 Å². The van der Waals surface area contributed by atoms with Gasteiger partial charge in [-0.25, -0.2) is 22.0 Å². The first kappa shape index (κ1) is 20.4. The molecular formula is C16H14F2N2O6S. The lowest BCUT2D eigenvalue weighted by atomic mass is 10.1. The summed E-state index contributed by atoms with van der Waals surface area (Å²) in [6, 6.07) is 3.34. The molecule has 0 aliphatic heterocycles. The van der Waals surface area contributed by atoms with E-state index in [4.69, 9.17) is 0 Å². The molecule has 0 amide bonds. The van der Waals surface area contributed by atoms with E-state index in [0.29, 0.717) is 6.07 Å². The monoisotopic (exact) mass is 400 g/mol. The molecule has 1 unspecified atom stereocenters. The summed E-state index contributed by atoms with van der Waals surface area (Å²) < 4.78 is 59.2. The second-order valence-corrected chi connectivity index (χ2v) is 7.13. The normalized spacial score (nSPS) is 12.4. The highest BCUT2D eigenvalue weighted by Gasteiger charge is 2.31. The summed E-state index contributed by atoms with van der Waals surface area (Å²) in [4.78, 5) is 21.7. The van der Waals surface area contributed by atoms with Gasteiger partial charge < -0.3 is 4.74 Å². The van der Waals surface area contributed by atoms with Crippen molar-refractivity contribution >= 4 is 21.7 Å². The van der Waals surface area contributed by atoms with Gasteiger partial charge in [0.15, 0.2) is 0 Å². The maximum Gasteiger partial charge on any atom is 0.328 e. The molecule has 0 saturated carbocycles. The Balaban J connectivity index is 2.49. The van der Waals surface area contributed by atoms with E-state index < -0.39 is 44.2 Å². The number of halogens is 2.